The van der Waals surface area contributed by atoms with Gasteiger partial charge in [-0.3, -0.25) is 0 Å². The summed E-state index contributed by atoms with van der Waals surface area (Å²) in [5.74, 6) is 0.219. The zero-order valence-corrected chi connectivity index (χ0v) is 14.5. The van der Waals surface area contributed by atoms with Crippen LogP contribution >= 0.6 is 0 Å². The number of aromatic nitrogens is 1. The van der Waals surface area contributed by atoms with Crippen molar-refractivity contribution in [2.75, 3.05) is 6.61 Å². The van der Waals surface area contributed by atoms with Crippen molar-refractivity contribution in [3.05, 3.63) is 59.7 Å². The molecule has 128 valence electrons. The fourth-order valence-corrected chi connectivity index (χ4v) is 2.62. The van der Waals surface area contributed by atoms with E-state index in [1.807, 2.05) is 49.4 Å². The molecule has 1 heterocycles. The van der Waals surface area contributed by atoms with E-state index in [-0.39, 0.29) is 5.97 Å². The molecule has 0 amide bonds. The number of hydrogen-bond donors (Lipinski definition) is 0. The molecule has 3 aromatic rings. The molecule has 2 aromatic carbocycles. The predicted octanol–water partition coefficient (Wildman–Crippen LogP) is 5.16. The standard InChI is InChI=1S/C21H21NO3/c1-3-4-14-24-19(23)13-12-16-9-7-8-15(2)20(16)21-22-17-10-5-6-11-18(17)25-21/h5-13H,3-4,14H2,1-2H3/b13-12+. The van der Waals surface area contributed by atoms with Crippen LogP contribution < -0.4 is 0 Å². The van der Waals surface area contributed by atoms with Crippen LogP contribution in [0.4, 0.5) is 0 Å². The number of nitrogens with zero attached hydrogens (tertiary/aromatic N) is 1. The van der Waals surface area contributed by atoms with Crippen molar-refractivity contribution >= 4 is 23.1 Å². The number of benzene rings is 2. The van der Waals surface area contributed by atoms with Crippen LogP contribution in [0, 0.1) is 6.92 Å². The number of carbonyl (C=O) groups is 1. The number of carbonyl (C=O) groups excluding carboxylic acids is 1. The van der Waals surface area contributed by atoms with Crippen LogP contribution in [-0.4, -0.2) is 17.6 Å². The Morgan fingerprint density at radius 2 is 2.04 bits per heavy atom. The number of ether oxygens (including phenoxy) is 1. The molecule has 0 N–H and O–H groups in total. The van der Waals surface area contributed by atoms with Crippen LogP contribution in [0.3, 0.4) is 0 Å². The highest BCUT2D eigenvalue weighted by atomic mass is 16.5. The van der Waals surface area contributed by atoms with Gasteiger partial charge in [-0.15, -0.1) is 0 Å². The van der Waals surface area contributed by atoms with E-state index in [0.29, 0.717) is 12.5 Å². The molecule has 0 radical (unpaired) electrons. The molecule has 25 heavy (non-hydrogen) atoms. The Morgan fingerprint density at radius 1 is 1.20 bits per heavy atom. The van der Waals surface area contributed by atoms with Crippen molar-refractivity contribution in [2.45, 2.75) is 26.7 Å². The monoisotopic (exact) mass is 335 g/mol. The van der Waals surface area contributed by atoms with Gasteiger partial charge in [-0.25, -0.2) is 9.78 Å². The fourth-order valence-electron chi connectivity index (χ4n) is 2.62. The van der Waals surface area contributed by atoms with Crippen molar-refractivity contribution in [3.63, 3.8) is 0 Å². The average molecular weight is 335 g/mol. The maximum absolute atomic E-state index is 11.8. The Balaban J connectivity index is 1.91. The molecule has 3 rings (SSSR count). The van der Waals surface area contributed by atoms with E-state index in [4.69, 9.17) is 9.15 Å². The van der Waals surface area contributed by atoms with Gasteiger partial charge >= 0.3 is 5.97 Å². The highest BCUT2D eigenvalue weighted by molar-refractivity contribution is 5.89. The van der Waals surface area contributed by atoms with Crippen LogP contribution in [0.15, 0.2) is 53.0 Å². The van der Waals surface area contributed by atoms with Crippen LogP contribution in [0.1, 0.15) is 30.9 Å². The molecule has 0 saturated heterocycles. The SMILES string of the molecule is CCCCOC(=O)/C=C/c1cccc(C)c1-c1nc2ccccc2o1. The highest BCUT2D eigenvalue weighted by Gasteiger charge is 2.13. The Morgan fingerprint density at radius 3 is 2.84 bits per heavy atom. The van der Waals surface area contributed by atoms with Gasteiger partial charge in [0.15, 0.2) is 5.58 Å². The Bertz CT molecular complexity index is 875. The van der Waals surface area contributed by atoms with Crippen LogP contribution in [-0.2, 0) is 9.53 Å². The normalized spacial score (nSPS) is 11.3. The molecule has 0 aliphatic heterocycles. The maximum Gasteiger partial charge on any atom is 0.330 e. The first-order valence-electron chi connectivity index (χ1n) is 8.49. The highest BCUT2D eigenvalue weighted by Crippen LogP contribution is 2.30. The average Bonchev–Trinajstić information content (AvgIpc) is 3.03. The van der Waals surface area contributed by atoms with E-state index in [0.717, 1.165) is 40.6 Å². The second-order valence-electron chi connectivity index (χ2n) is 5.88. The van der Waals surface area contributed by atoms with Gasteiger partial charge in [-0.05, 0) is 42.7 Å². The van der Waals surface area contributed by atoms with Gasteiger partial charge in [0, 0.05) is 11.6 Å². The number of hydrogen-bond acceptors (Lipinski definition) is 4. The van der Waals surface area contributed by atoms with Crippen molar-refractivity contribution < 1.29 is 13.9 Å². The topological polar surface area (TPSA) is 52.3 Å². The third kappa shape index (κ3) is 3.97. The van der Waals surface area contributed by atoms with E-state index in [1.54, 1.807) is 6.08 Å². The lowest BCUT2D eigenvalue weighted by atomic mass is 10.0. The third-order valence-corrected chi connectivity index (χ3v) is 3.95. The lowest BCUT2D eigenvalue weighted by molar-refractivity contribution is -0.137. The Labute approximate surface area is 147 Å². The summed E-state index contributed by atoms with van der Waals surface area (Å²) in [4.78, 5) is 16.4. The summed E-state index contributed by atoms with van der Waals surface area (Å²) in [6, 6.07) is 13.5. The zero-order chi connectivity index (χ0) is 17.6. The summed E-state index contributed by atoms with van der Waals surface area (Å²) in [6.45, 7) is 4.51. The maximum atomic E-state index is 11.8. The zero-order valence-electron chi connectivity index (χ0n) is 14.5. The molecule has 0 atom stereocenters. The van der Waals surface area contributed by atoms with Gasteiger partial charge in [0.05, 0.1) is 6.61 Å². The fraction of sp³-hybridized carbons (Fsp3) is 0.238. The second-order valence-corrected chi connectivity index (χ2v) is 5.88. The first-order valence-corrected chi connectivity index (χ1v) is 8.49. The van der Waals surface area contributed by atoms with Crippen molar-refractivity contribution in [2.24, 2.45) is 0 Å². The predicted molar refractivity (Wildman–Crippen MR) is 99.1 cm³/mol. The lowest BCUT2D eigenvalue weighted by Crippen LogP contribution is -2.01. The summed E-state index contributed by atoms with van der Waals surface area (Å²) in [6.07, 6.45) is 5.08. The molecule has 4 nitrogen and oxygen atoms in total. The van der Waals surface area contributed by atoms with E-state index in [2.05, 4.69) is 11.9 Å². The Hall–Kier alpha value is -2.88. The number of aryl methyl sites for hydroxylation is 1. The van der Waals surface area contributed by atoms with Crippen LogP contribution in [0.25, 0.3) is 28.6 Å². The van der Waals surface area contributed by atoms with Gasteiger partial charge < -0.3 is 9.15 Å². The minimum atomic E-state index is -0.335. The first-order chi connectivity index (χ1) is 12.2. The number of para-hydroxylation sites is 2. The summed E-state index contributed by atoms with van der Waals surface area (Å²) >= 11 is 0. The van der Waals surface area contributed by atoms with E-state index in [1.165, 1.54) is 6.08 Å². The second kappa shape index (κ2) is 7.79. The summed E-state index contributed by atoms with van der Waals surface area (Å²) < 4.78 is 11.1. The molecule has 1 aromatic heterocycles. The number of fused-ring (bicyclic) bond motifs is 1. The largest absolute Gasteiger partial charge is 0.463 e. The molecule has 0 saturated carbocycles. The van der Waals surface area contributed by atoms with E-state index >= 15 is 0 Å². The van der Waals surface area contributed by atoms with Gasteiger partial charge in [0.2, 0.25) is 5.89 Å². The molecule has 4 heteroatoms. The number of oxazole rings is 1. The van der Waals surface area contributed by atoms with Crippen molar-refractivity contribution in [3.8, 4) is 11.5 Å². The van der Waals surface area contributed by atoms with Gasteiger partial charge in [-0.2, -0.15) is 0 Å². The van der Waals surface area contributed by atoms with E-state index in [9.17, 15) is 4.79 Å². The molecular weight excluding hydrogens is 314 g/mol. The number of esters is 1. The Kier molecular flexibility index (Phi) is 5.29. The molecule has 0 spiro atoms. The molecule has 0 unspecified atom stereocenters. The third-order valence-electron chi connectivity index (χ3n) is 3.95. The lowest BCUT2D eigenvalue weighted by Gasteiger charge is -2.06. The van der Waals surface area contributed by atoms with Crippen molar-refractivity contribution in [1.29, 1.82) is 0 Å². The first kappa shape index (κ1) is 17.0. The quantitative estimate of drug-likeness (QED) is 0.355. The van der Waals surface area contributed by atoms with Gasteiger partial charge in [-0.1, -0.05) is 43.7 Å². The summed E-state index contributed by atoms with van der Waals surface area (Å²) in [5.41, 5.74) is 4.35. The van der Waals surface area contributed by atoms with Gasteiger partial charge in [0.25, 0.3) is 0 Å². The number of rotatable bonds is 6. The van der Waals surface area contributed by atoms with Gasteiger partial charge in [0.1, 0.15) is 5.52 Å². The van der Waals surface area contributed by atoms with Crippen LogP contribution in [0.5, 0.6) is 0 Å². The molecule has 0 aliphatic carbocycles. The summed E-state index contributed by atoms with van der Waals surface area (Å²) in [5, 5.41) is 0. The molecular formula is C21H21NO3. The van der Waals surface area contributed by atoms with Crippen LogP contribution in [0.2, 0.25) is 0 Å². The van der Waals surface area contributed by atoms with E-state index < -0.39 is 0 Å². The number of unbranched alkanes of at least 4 members (excludes halogenated alkanes) is 1. The summed E-state index contributed by atoms with van der Waals surface area (Å²) in [7, 11) is 0. The molecule has 0 fully saturated rings. The van der Waals surface area contributed by atoms with Crippen molar-refractivity contribution in [1.82, 2.24) is 4.98 Å². The minimum absolute atomic E-state index is 0.335. The molecule has 0 bridgehead atoms. The smallest absolute Gasteiger partial charge is 0.330 e. The molecule has 0 aliphatic rings. The minimum Gasteiger partial charge on any atom is -0.463 e.